The molecule has 100 valence electrons. The molecule has 2 rings (SSSR count). The quantitative estimate of drug-likeness (QED) is 0.701. The fraction of sp³-hybridized carbons (Fsp3) is 0.500. The molecule has 1 fully saturated rings. The van der Waals surface area contributed by atoms with Crippen LogP contribution in [0.3, 0.4) is 0 Å². The second kappa shape index (κ2) is 4.84. The van der Waals surface area contributed by atoms with E-state index < -0.39 is 23.4 Å². The average molecular weight is 266 g/mol. The summed E-state index contributed by atoms with van der Waals surface area (Å²) in [6, 6.07) is 1.56. The third kappa shape index (κ3) is 2.63. The molecule has 1 heterocycles. The molecule has 0 radical (unpaired) electrons. The number of rotatable bonds is 1. The highest BCUT2D eigenvalue weighted by atomic mass is 19.4. The lowest BCUT2D eigenvalue weighted by molar-refractivity contribution is -0.142. The Morgan fingerprint density at radius 2 is 1.50 bits per heavy atom. The molecule has 1 aliphatic heterocycles. The number of halogens is 5. The van der Waals surface area contributed by atoms with Crippen LogP contribution >= 0.6 is 0 Å². The van der Waals surface area contributed by atoms with E-state index in [0.29, 0.717) is 26.1 Å². The fourth-order valence-electron chi connectivity index (χ4n) is 2.13. The van der Waals surface area contributed by atoms with E-state index in [4.69, 9.17) is 4.74 Å². The molecule has 1 aromatic carbocycles. The molecular weight excluding hydrogens is 255 g/mol. The maximum atomic E-state index is 13.4. The summed E-state index contributed by atoms with van der Waals surface area (Å²) in [5.41, 5.74) is -1.56. The van der Waals surface area contributed by atoms with Crippen LogP contribution in [-0.2, 0) is 10.9 Å². The van der Waals surface area contributed by atoms with Crippen molar-refractivity contribution >= 4 is 0 Å². The van der Waals surface area contributed by atoms with Crippen LogP contribution in [0.25, 0.3) is 0 Å². The van der Waals surface area contributed by atoms with Gasteiger partial charge in [0.05, 0.1) is 0 Å². The smallest absolute Gasteiger partial charge is 0.381 e. The molecule has 1 nitrogen and oxygen atoms in total. The molecule has 0 amide bonds. The van der Waals surface area contributed by atoms with Crippen molar-refractivity contribution in [2.75, 3.05) is 13.2 Å². The Bertz CT molecular complexity index is 412. The fourth-order valence-corrected chi connectivity index (χ4v) is 2.13. The lowest BCUT2D eigenvalue weighted by Crippen LogP contribution is -2.16. The molecular formula is C12H11F5O. The van der Waals surface area contributed by atoms with Gasteiger partial charge in [-0.25, -0.2) is 8.78 Å². The molecule has 1 saturated heterocycles. The highest BCUT2D eigenvalue weighted by molar-refractivity contribution is 5.30. The van der Waals surface area contributed by atoms with Crippen molar-refractivity contribution < 1.29 is 26.7 Å². The Morgan fingerprint density at radius 3 is 1.94 bits per heavy atom. The molecule has 0 N–H and O–H groups in total. The van der Waals surface area contributed by atoms with Gasteiger partial charge in [-0.05, 0) is 36.5 Å². The molecule has 0 unspecified atom stereocenters. The molecule has 0 aromatic heterocycles. The minimum atomic E-state index is -5.01. The summed E-state index contributed by atoms with van der Waals surface area (Å²) < 4.78 is 69.0. The number of hydrogen-bond donors (Lipinski definition) is 0. The maximum absolute atomic E-state index is 13.4. The van der Waals surface area contributed by atoms with Gasteiger partial charge in [0.1, 0.15) is 17.2 Å². The summed E-state index contributed by atoms with van der Waals surface area (Å²) in [6.07, 6.45) is -3.89. The van der Waals surface area contributed by atoms with Crippen molar-refractivity contribution in [3.8, 4) is 0 Å². The lowest BCUT2D eigenvalue weighted by Gasteiger charge is -2.23. The molecule has 18 heavy (non-hydrogen) atoms. The first kappa shape index (κ1) is 13.3. The SMILES string of the molecule is Fc1cc(C2CCOCC2)cc(F)c1C(F)(F)F. The van der Waals surface area contributed by atoms with E-state index in [2.05, 4.69) is 0 Å². The van der Waals surface area contributed by atoms with Crippen LogP contribution in [0, 0.1) is 11.6 Å². The van der Waals surface area contributed by atoms with E-state index in [1.807, 2.05) is 0 Å². The van der Waals surface area contributed by atoms with Crippen molar-refractivity contribution in [1.82, 2.24) is 0 Å². The van der Waals surface area contributed by atoms with Crippen LogP contribution < -0.4 is 0 Å². The van der Waals surface area contributed by atoms with Crippen LogP contribution in [0.2, 0.25) is 0 Å². The van der Waals surface area contributed by atoms with Gasteiger partial charge in [-0.2, -0.15) is 13.2 Å². The molecule has 1 aliphatic rings. The maximum Gasteiger partial charge on any atom is 0.422 e. The van der Waals surface area contributed by atoms with Gasteiger partial charge in [0.2, 0.25) is 0 Å². The molecule has 0 bridgehead atoms. The predicted molar refractivity (Wildman–Crippen MR) is 54.2 cm³/mol. The second-order valence-electron chi connectivity index (χ2n) is 4.24. The van der Waals surface area contributed by atoms with Gasteiger partial charge in [0.15, 0.2) is 0 Å². The van der Waals surface area contributed by atoms with E-state index in [-0.39, 0.29) is 11.5 Å². The van der Waals surface area contributed by atoms with Gasteiger partial charge in [0, 0.05) is 13.2 Å². The molecule has 6 heteroatoms. The normalized spacial score (nSPS) is 18.1. The Balaban J connectivity index is 2.36. The lowest BCUT2D eigenvalue weighted by atomic mass is 9.90. The minimum absolute atomic E-state index is 0.148. The van der Waals surface area contributed by atoms with E-state index in [1.54, 1.807) is 0 Å². The first-order valence-electron chi connectivity index (χ1n) is 5.53. The summed E-state index contributed by atoms with van der Waals surface area (Å²) >= 11 is 0. The summed E-state index contributed by atoms with van der Waals surface area (Å²) in [5, 5.41) is 0. The van der Waals surface area contributed by atoms with Crippen LogP contribution in [0.1, 0.15) is 29.9 Å². The summed E-state index contributed by atoms with van der Waals surface area (Å²) in [6.45, 7) is 0.907. The van der Waals surface area contributed by atoms with Gasteiger partial charge in [0.25, 0.3) is 0 Å². The van der Waals surface area contributed by atoms with Gasteiger partial charge in [-0.3, -0.25) is 0 Å². The van der Waals surface area contributed by atoms with E-state index in [1.165, 1.54) is 0 Å². The third-order valence-electron chi connectivity index (χ3n) is 3.04. The highest BCUT2D eigenvalue weighted by Crippen LogP contribution is 2.36. The Hall–Kier alpha value is -1.17. The van der Waals surface area contributed by atoms with Gasteiger partial charge < -0.3 is 4.74 Å². The monoisotopic (exact) mass is 266 g/mol. The van der Waals surface area contributed by atoms with Crippen molar-refractivity contribution in [3.63, 3.8) is 0 Å². The molecule has 0 aliphatic carbocycles. The van der Waals surface area contributed by atoms with Crippen LogP contribution in [0.5, 0.6) is 0 Å². The molecule has 0 spiro atoms. The number of ether oxygens (including phenoxy) is 1. The van der Waals surface area contributed by atoms with Gasteiger partial charge in [-0.1, -0.05) is 0 Å². The number of alkyl halides is 3. The van der Waals surface area contributed by atoms with Crippen LogP contribution in [0.4, 0.5) is 22.0 Å². The largest absolute Gasteiger partial charge is 0.422 e. The topological polar surface area (TPSA) is 9.23 Å². The first-order valence-corrected chi connectivity index (χ1v) is 5.53. The number of benzene rings is 1. The third-order valence-corrected chi connectivity index (χ3v) is 3.04. The highest BCUT2D eigenvalue weighted by Gasteiger charge is 2.38. The van der Waals surface area contributed by atoms with E-state index in [9.17, 15) is 22.0 Å². The first-order chi connectivity index (χ1) is 8.39. The van der Waals surface area contributed by atoms with Crippen molar-refractivity contribution in [2.24, 2.45) is 0 Å². The Kier molecular flexibility index (Phi) is 3.56. The van der Waals surface area contributed by atoms with Crippen LogP contribution in [0.15, 0.2) is 12.1 Å². The zero-order valence-electron chi connectivity index (χ0n) is 9.36. The van der Waals surface area contributed by atoms with Crippen molar-refractivity contribution in [3.05, 3.63) is 34.9 Å². The van der Waals surface area contributed by atoms with Gasteiger partial charge in [-0.15, -0.1) is 0 Å². The zero-order valence-corrected chi connectivity index (χ0v) is 9.36. The van der Waals surface area contributed by atoms with Crippen molar-refractivity contribution in [2.45, 2.75) is 24.9 Å². The van der Waals surface area contributed by atoms with Crippen LogP contribution in [-0.4, -0.2) is 13.2 Å². The minimum Gasteiger partial charge on any atom is -0.381 e. The summed E-state index contributed by atoms with van der Waals surface area (Å²) in [4.78, 5) is 0. The van der Waals surface area contributed by atoms with Gasteiger partial charge >= 0.3 is 6.18 Å². The van der Waals surface area contributed by atoms with E-state index in [0.717, 1.165) is 12.1 Å². The standard InChI is InChI=1S/C12H11F5O/c13-9-5-8(7-1-3-18-4-2-7)6-10(14)11(9)12(15,16)17/h5-7H,1-4H2. The summed E-state index contributed by atoms with van der Waals surface area (Å²) in [5.74, 6) is -3.25. The zero-order chi connectivity index (χ0) is 13.3. The van der Waals surface area contributed by atoms with E-state index >= 15 is 0 Å². The molecule has 0 atom stereocenters. The Labute approximate surface area is 101 Å². The molecule has 1 aromatic rings. The average Bonchev–Trinajstić information content (AvgIpc) is 2.27. The van der Waals surface area contributed by atoms with Crippen molar-refractivity contribution in [1.29, 1.82) is 0 Å². The Morgan fingerprint density at radius 1 is 1.00 bits per heavy atom. The summed E-state index contributed by atoms with van der Waals surface area (Å²) in [7, 11) is 0. The molecule has 0 saturated carbocycles. The predicted octanol–water partition coefficient (Wildman–Crippen LogP) is 3.88. The number of hydrogen-bond acceptors (Lipinski definition) is 1. The second-order valence-corrected chi connectivity index (χ2v) is 4.24.